The maximum absolute atomic E-state index is 14.6. The number of likely N-dealkylation sites (N-methyl/N-ethyl adjacent to an activating group) is 1. The molecule has 0 bridgehead atoms. The number of hydrogen-bond acceptors (Lipinski definition) is 4. The fourth-order valence-corrected chi connectivity index (χ4v) is 3.87. The first-order valence-corrected chi connectivity index (χ1v) is 10.6. The molecule has 0 N–H and O–H groups in total. The van der Waals surface area contributed by atoms with E-state index in [0.717, 1.165) is 18.2 Å². The van der Waals surface area contributed by atoms with Crippen molar-refractivity contribution in [3.05, 3.63) is 95.7 Å². The molecule has 2 amide bonds. The normalized spacial score (nSPS) is 13.6. The molecule has 7 heteroatoms. The van der Waals surface area contributed by atoms with Crippen LogP contribution in [0.1, 0.15) is 19.4 Å². The third kappa shape index (κ3) is 4.09. The highest BCUT2D eigenvalue weighted by molar-refractivity contribution is 6.46. The van der Waals surface area contributed by atoms with Crippen LogP contribution in [0.4, 0.5) is 20.2 Å². The summed E-state index contributed by atoms with van der Waals surface area (Å²) in [7, 11) is 0. The lowest BCUT2D eigenvalue weighted by molar-refractivity contribution is -0.120. The molecule has 1 aliphatic rings. The number of carbonyl (C=O) groups excluding carboxylic acids is 2. The van der Waals surface area contributed by atoms with E-state index in [0.29, 0.717) is 35.1 Å². The van der Waals surface area contributed by atoms with Crippen LogP contribution in [0.2, 0.25) is 0 Å². The maximum Gasteiger partial charge on any atom is 0.282 e. The lowest BCUT2D eigenvalue weighted by Crippen LogP contribution is -2.36. The number of carbonyl (C=O) groups is 2. The molecule has 3 aromatic rings. The van der Waals surface area contributed by atoms with Crippen molar-refractivity contribution >= 4 is 28.8 Å². The molecule has 0 unspecified atom stereocenters. The highest BCUT2D eigenvalue weighted by atomic mass is 19.1. The third-order valence-corrected chi connectivity index (χ3v) is 5.32. The van der Waals surface area contributed by atoms with Crippen molar-refractivity contribution in [2.45, 2.75) is 13.8 Å². The molecular formula is C26H22F2N2O3. The molecule has 3 aromatic carbocycles. The highest BCUT2D eigenvalue weighted by Crippen LogP contribution is 2.38. The molecule has 1 aliphatic heterocycles. The van der Waals surface area contributed by atoms with E-state index < -0.39 is 29.1 Å². The van der Waals surface area contributed by atoms with Gasteiger partial charge in [0, 0.05) is 18.3 Å². The van der Waals surface area contributed by atoms with E-state index in [2.05, 4.69) is 0 Å². The standard InChI is InChI=1S/C26H22F2N2O3/c1-3-29(19-8-6-5-7-9-19)24-23(17-10-13-20(14-11-17)33-4-2)25(31)30(26(24)32)22-16-18(27)12-15-21(22)28/h5-16H,3-4H2,1-2H3. The Balaban J connectivity index is 1.90. The van der Waals surface area contributed by atoms with Gasteiger partial charge in [0.05, 0.1) is 17.9 Å². The molecule has 168 valence electrons. The minimum absolute atomic E-state index is 0.0986. The fraction of sp³-hybridized carbons (Fsp3) is 0.154. The van der Waals surface area contributed by atoms with E-state index in [-0.39, 0.29) is 11.3 Å². The molecule has 33 heavy (non-hydrogen) atoms. The minimum atomic E-state index is -0.867. The molecule has 0 radical (unpaired) electrons. The lowest BCUT2D eigenvalue weighted by atomic mass is 10.0. The van der Waals surface area contributed by atoms with Crippen LogP contribution < -0.4 is 14.5 Å². The second kappa shape index (κ2) is 9.24. The van der Waals surface area contributed by atoms with Gasteiger partial charge in [-0.2, -0.15) is 0 Å². The number of rotatable bonds is 7. The zero-order valence-electron chi connectivity index (χ0n) is 18.2. The first-order chi connectivity index (χ1) is 16.0. The van der Waals surface area contributed by atoms with Gasteiger partial charge in [0.25, 0.3) is 11.8 Å². The Morgan fingerprint density at radius 1 is 0.879 bits per heavy atom. The van der Waals surface area contributed by atoms with E-state index in [4.69, 9.17) is 4.74 Å². The molecule has 0 spiro atoms. The number of hydrogen-bond donors (Lipinski definition) is 0. The van der Waals surface area contributed by atoms with E-state index in [9.17, 15) is 18.4 Å². The highest BCUT2D eigenvalue weighted by Gasteiger charge is 2.43. The van der Waals surface area contributed by atoms with Crippen molar-refractivity contribution in [3.8, 4) is 5.75 Å². The summed E-state index contributed by atoms with van der Waals surface area (Å²) in [6, 6.07) is 18.6. The summed E-state index contributed by atoms with van der Waals surface area (Å²) in [4.78, 5) is 29.5. The van der Waals surface area contributed by atoms with Gasteiger partial charge in [0.15, 0.2) is 0 Å². The number of imide groups is 1. The molecule has 0 aliphatic carbocycles. The number of nitrogens with zero attached hydrogens (tertiary/aromatic N) is 2. The zero-order valence-corrected chi connectivity index (χ0v) is 18.2. The Kier molecular flexibility index (Phi) is 6.22. The van der Waals surface area contributed by atoms with Crippen molar-refractivity contribution in [2.75, 3.05) is 23.0 Å². The first-order valence-electron chi connectivity index (χ1n) is 10.6. The van der Waals surface area contributed by atoms with E-state index >= 15 is 0 Å². The summed E-state index contributed by atoms with van der Waals surface area (Å²) < 4.78 is 34.0. The Bertz CT molecular complexity index is 1220. The number of para-hydroxylation sites is 1. The summed E-state index contributed by atoms with van der Waals surface area (Å²) in [5.74, 6) is -2.45. The first kappa shape index (κ1) is 22.2. The monoisotopic (exact) mass is 448 g/mol. The van der Waals surface area contributed by atoms with Crippen LogP contribution in [-0.2, 0) is 9.59 Å². The van der Waals surface area contributed by atoms with Gasteiger partial charge in [0.2, 0.25) is 0 Å². The average Bonchev–Trinajstić information content (AvgIpc) is 3.07. The minimum Gasteiger partial charge on any atom is -0.494 e. The molecule has 0 saturated carbocycles. The average molecular weight is 448 g/mol. The third-order valence-electron chi connectivity index (χ3n) is 5.32. The van der Waals surface area contributed by atoms with Gasteiger partial charge in [0.1, 0.15) is 23.1 Å². The molecule has 1 heterocycles. The number of ether oxygens (including phenoxy) is 1. The van der Waals surface area contributed by atoms with Crippen molar-refractivity contribution in [1.82, 2.24) is 0 Å². The van der Waals surface area contributed by atoms with E-state index in [1.807, 2.05) is 44.2 Å². The molecule has 0 fully saturated rings. The molecule has 5 nitrogen and oxygen atoms in total. The van der Waals surface area contributed by atoms with Gasteiger partial charge < -0.3 is 9.64 Å². The van der Waals surface area contributed by atoms with Crippen molar-refractivity contribution in [1.29, 1.82) is 0 Å². The van der Waals surface area contributed by atoms with Crippen LogP contribution in [0.3, 0.4) is 0 Å². The van der Waals surface area contributed by atoms with Gasteiger partial charge in [-0.05, 0) is 55.8 Å². The Hall–Kier alpha value is -4.00. The van der Waals surface area contributed by atoms with Crippen LogP contribution in [-0.4, -0.2) is 25.0 Å². The second-order valence-corrected chi connectivity index (χ2v) is 7.30. The van der Waals surface area contributed by atoms with Crippen molar-refractivity contribution in [2.24, 2.45) is 0 Å². The van der Waals surface area contributed by atoms with Gasteiger partial charge in [-0.3, -0.25) is 9.59 Å². The lowest BCUT2D eigenvalue weighted by Gasteiger charge is -2.25. The van der Waals surface area contributed by atoms with Crippen molar-refractivity contribution in [3.63, 3.8) is 0 Å². The van der Waals surface area contributed by atoms with Gasteiger partial charge >= 0.3 is 0 Å². The largest absolute Gasteiger partial charge is 0.494 e. The van der Waals surface area contributed by atoms with Crippen molar-refractivity contribution < 1.29 is 23.1 Å². The summed E-state index contributed by atoms with van der Waals surface area (Å²) >= 11 is 0. The van der Waals surface area contributed by atoms with Crippen LogP contribution in [0.25, 0.3) is 5.57 Å². The molecule has 0 atom stereocenters. The summed E-state index contributed by atoms with van der Waals surface area (Å²) in [6.07, 6.45) is 0. The number of halogens is 2. The predicted molar refractivity (Wildman–Crippen MR) is 123 cm³/mol. The van der Waals surface area contributed by atoms with Crippen LogP contribution in [0.15, 0.2) is 78.5 Å². The second-order valence-electron chi connectivity index (χ2n) is 7.30. The van der Waals surface area contributed by atoms with Gasteiger partial charge in [-0.25, -0.2) is 13.7 Å². The SMILES string of the molecule is CCOc1ccc(C2=C(N(CC)c3ccccc3)C(=O)N(c3cc(F)ccc3F)C2=O)cc1. The Labute approximate surface area is 190 Å². The predicted octanol–water partition coefficient (Wildman–Crippen LogP) is 5.17. The van der Waals surface area contributed by atoms with Gasteiger partial charge in [-0.15, -0.1) is 0 Å². The maximum atomic E-state index is 14.6. The smallest absolute Gasteiger partial charge is 0.282 e. The fourth-order valence-electron chi connectivity index (χ4n) is 3.87. The molecule has 0 aromatic heterocycles. The molecular weight excluding hydrogens is 426 g/mol. The molecule has 4 rings (SSSR count). The topological polar surface area (TPSA) is 49.9 Å². The summed E-state index contributed by atoms with van der Waals surface area (Å²) in [5, 5.41) is 0. The number of anilines is 2. The molecule has 0 saturated heterocycles. The zero-order chi connectivity index (χ0) is 23.5. The van der Waals surface area contributed by atoms with Crippen LogP contribution in [0.5, 0.6) is 5.75 Å². The van der Waals surface area contributed by atoms with E-state index in [1.54, 1.807) is 29.2 Å². The Morgan fingerprint density at radius 3 is 2.21 bits per heavy atom. The van der Waals surface area contributed by atoms with Crippen LogP contribution >= 0.6 is 0 Å². The number of amides is 2. The van der Waals surface area contributed by atoms with Gasteiger partial charge in [-0.1, -0.05) is 30.3 Å². The Morgan fingerprint density at radius 2 is 1.58 bits per heavy atom. The summed E-state index contributed by atoms with van der Waals surface area (Å²) in [6.45, 7) is 4.56. The van der Waals surface area contributed by atoms with Crippen LogP contribution in [0, 0.1) is 11.6 Å². The quantitative estimate of drug-likeness (QED) is 0.468. The number of benzene rings is 3. The summed E-state index contributed by atoms with van der Waals surface area (Å²) in [5.41, 5.74) is 0.952. The van der Waals surface area contributed by atoms with E-state index in [1.165, 1.54) is 0 Å².